The standard InChI is InChI=1S/C11H22N.K/c1-10(2)6-7-11-5-4-8-12(3)9-11;/h10-11H,1,4-9H2,2-3H3;/q-1;+1. The largest absolute Gasteiger partial charge is 1.00 e. The van der Waals surface area contributed by atoms with Crippen molar-refractivity contribution in [3.8, 4) is 0 Å². The summed E-state index contributed by atoms with van der Waals surface area (Å²) in [6.07, 6.45) is 5.53. The van der Waals surface area contributed by atoms with Crippen molar-refractivity contribution in [2.24, 2.45) is 11.8 Å². The molecule has 1 fully saturated rings. The summed E-state index contributed by atoms with van der Waals surface area (Å²) in [7, 11) is 2.24. The fourth-order valence-electron chi connectivity index (χ4n) is 2.03. The van der Waals surface area contributed by atoms with Crippen molar-refractivity contribution in [2.75, 3.05) is 20.1 Å². The summed E-state index contributed by atoms with van der Waals surface area (Å²) in [6.45, 7) is 8.86. The topological polar surface area (TPSA) is 3.24 Å². The molecule has 0 aromatic rings. The van der Waals surface area contributed by atoms with Gasteiger partial charge in [0.25, 0.3) is 0 Å². The van der Waals surface area contributed by atoms with Crippen molar-refractivity contribution in [3.05, 3.63) is 6.92 Å². The molecule has 1 rings (SSSR count). The molecule has 1 aliphatic heterocycles. The van der Waals surface area contributed by atoms with Gasteiger partial charge in [0.05, 0.1) is 0 Å². The van der Waals surface area contributed by atoms with Gasteiger partial charge in [0.1, 0.15) is 0 Å². The van der Waals surface area contributed by atoms with Gasteiger partial charge in [-0.3, -0.25) is 0 Å². The zero-order valence-corrected chi connectivity index (χ0v) is 12.7. The van der Waals surface area contributed by atoms with Crippen molar-refractivity contribution < 1.29 is 51.4 Å². The van der Waals surface area contributed by atoms with Crippen LogP contribution in [0.3, 0.4) is 0 Å². The maximum absolute atomic E-state index is 4.03. The van der Waals surface area contributed by atoms with Crippen molar-refractivity contribution >= 4 is 0 Å². The molecule has 0 aromatic carbocycles. The van der Waals surface area contributed by atoms with Crippen LogP contribution in [0.15, 0.2) is 0 Å². The molecule has 2 heteroatoms. The van der Waals surface area contributed by atoms with E-state index in [1.54, 1.807) is 0 Å². The smallest absolute Gasteiger partial charge is 0.341 e. The first-order valence-corrected chi connectivity index (χ1v) is 5.20. The van der Waals surface area contributed by atoms with E-state index in [1.165, 1.54) is 38.8 Å². The van der Waals surface area contributed by atoms with Gasteiger partial charge in [-0.05, 0) is 32.4 Å². The first kappa shape index (κ1) is 14.6. The number of hydrogen-bond donors (Lipinski definition) is 0. The van der Waals surface area contributed by atoms with E-state index < -0.39 is 0 Å². The molecule has 0 spiro atoms. The van der Waals surface area contributed by atoms with E-state index in [-0.39, 0.29) is 51.4 Å². The molecule has 72 valence electrons. The minimum Gasteiger partial charge on any atom is -0.341 e. The van der Waals surface area contributed by atoms with Gasteiger partial charge in [-0.2, -0.15) is 5.92 Å². The Kier molecular flexibility index (Phi) is 8.79. The zero-order valence-electron chi connectivity index (χ0n) is 9.55. The van der Waals surface area contributed by atoms with Crippen molar-refractivity contribution in [2.45, 2.75) is 32.6 Å². The first-order valence-electron chi connectivity index (χ1n) is 5.20. The molecule has 0 saturated carbocycles. The van der Waals surface area contributed by atoms with E-state index in [0.717, 1.165) is 5.92 Å². The number of likely N-dealkylation sites (tertiary alicyclic amines) is 1. The number of piperidine rings is 1. The number of rotatable bonds is 3. The summed E-state index contributed by atoms with van der Waals surface area (Å²) >= 11 is 0. The van der Waals surface area contributed by atoms with Gasteiger partial charge < -0.3 is 11.8 Å². The van der Waals surface area contributed by atoms with Crippen LogP contribution in [0.25, 0.3) is 0 Å². The minimum atomic E-state index is 0. The molecule has 0 bridgehead atoms. The third-order valence-electron chi connectivity index (χ3n) is 2.79. The molecule has 0 amide bonds. The summed E-state index contributed by atoms with van der Waals surface area (Å²) in [5, 5.41) is 0. The quantitative estimate of drug-likeness (QED) is 0.449. The third kappa shape index (κ3) is 6.64. The van der Waals surface area contributed by atoms with Gasteiger partial charge in [-0.1, -0.05) is 19.8 Å². The summed E-state index contributed by atoms with van der Waals surface area (Å²) in [6, 6.07) is 0. The SMILES string of the molecule is [CH2-]C(C)CCC1CCCN(C)C1.[K+]. The van der Waals surface area contributed by atoms with E-state index >= 15 is 0 Å². The van der Waals surface area contributed by atoms with Crippen LogP contribution in [0.1, 0.15) is 32.6 Å². The van der Waals surface area contributed by atoms with E-state index in [1.807, 2.05) is 0 Å². The van der Waals surface area contributed by atoms with Crippen molar-refractivity contribution in [1.29, 1.82) is 0 Å². The minimum absolute atomic E-state index is 0. The van der Waals surface area contributed by atoms with Crippen LogP contribution < -0.4 is 51.4 Å². The summed E-state index contributed by atoms with van der Waals surface area (Å²) in [5.41, 5.74) is 0. The number of hydrogen-bond acceptors (Lipinski definition) is 1. The summed E-state index contributed by atoms with van der Waals surface area (Å²) in [4.78, 5) is 2.46. The Morgan fingerprint density at radius 3 is 2.77 bits per heavy atom. The number of nitrogens with zero attached hydrogens (tertiary/aromatic N) is 1. The molecular weight excluding hydrogens is 185 g/mol. The molecular formula is C11H22KN. The van der Waals surface area contributed by atoms with Gasteiger partial charge in [0.2, 0.25) is 0 Å². The Labute approximate surface area is 126 Å². The van der Waals surface area contributed by atoms with Crippen LogP contribution in [0, 0.1) is 18.8 Å². The molecule has 2 unspecified atom stereocenters. The Morgan fingerprint density at radius 2 is 2.23 bits per heavy atom. The van der Waals surface area contributed by atoms with Crippen LogP contribution in [0.2, 0.25) is 0 Å². The molecule has 1 heterocycles. The van der Waals surface area contributed by atoms with Gasteiger partial charge in [-0.25, -0.2) is 0 Å². The second-order valence-corrected chi connectivity index (χ2v) is 4.45. The monoisotopic (exact) mass is 207 g/mol. The van der Waals surface area contributed by atoms with E-state index in [2.05, 4.69) is 25.8 Å². The Hall–Kier alpha value is 1.60. The zero-order chi connectivity index (χ0) is 8.97. The van der Waals surface area contributed by atoms with Crippen molar-refractivity contribution in [1.82, 2.24) is 4.90 Å². The first-order chi connectivity index (χ1) is 5.68. The maximum atomic E-state index is 4.03. The van der Waals surface area contributed by atoms with Crippen LogP contribution in [-0.2, 0) is 0 Å². The molecule has 2 atom stereocenters. The van der Waals surface area contributed by atoms with Crippen LogP contribution in [0.5, 0.6) is 0 Å². The molecule has 1 aliphatic rings. The predicted molar refractivity (Wildman–Crippen MR) is 54.0 cm³/mol. The average Bonchev–Trinajstić information content (AvgIpc) is 2.01. The molecule has 1 nitrogen and oxygen atoms in total. The Balaban J connectivity index is 0.00000144. The summed E-state index contributed by atoms with van der Waals surface area (Å²) in [5.74, 6) is 1.59. The molecule has 13 heavy (non-hydrogen) atoms. The van der Waals surface area contributed by atoms with E-state index in [4.69, 9.17) is 0 Å². The second-order valence-electron chi connectivity index (χ2n) is 4.45. The Morgan fingerprint density at radius 1 is 1.54 bits per heavy atom. The molecule has 0 N–H and O–H groups in total. The van der Waals surface area contributed by atoms with Crippen molar-refractivity contribution in [3.63, 3.8) is 0 Å². The van der Waals surface area contributed by atoms with Crippen LogP contribution in [-0.4, -0.2) is 25.0 Å². The fraction of sp³-hybridized carbons (Fsp3) is 0.909. The Bertz CT molecular complexity index is 125. The predicted octanol–water partition coefficient (Wildman–Crippen LogP) is -0.417. The van der Waals surface area contributed by atoms with E-state index in [0.29, 0.717) is 5.92 Å². The van der Waals surface area contributed by atoms with Gasteiger partial charge in [-0.15, -0.1) is 0 Å². The third-order valence-corrected chi connectivity index (χ3v) is 2.79. The fourth-order valence-corrected chi connectivity index (χ4v) is 2.03. The van der Waals surface area contributed by atoms with Gasteiger partial charge in [0, 0.05) is 6.54 Å². The normalized spacial score (nSPS) is 26.5. The van der Waals surface area contributed by atoms with Crippen LogP contribution in [0.4, 0.5) is 0 Å². The average molecular weight is 207 g/mol. The summed E-state index contributed by atoms with van der Waals surface area (Å²) < 4.78 is 0. The van der Waals surface area contributed by atoms with Gasteiger partial charge in [0.15, 0.2) is 0 Å². The molecule has 0 aliphatic carbocycles. The molecule has 1 saturated heterocycles. The van der Waals surface area contributed by atoms with Crippen LogP contribution >= 0.6 is 0 Å². The van der Waals surface area contributed by atoms with Gasteiger partial charge >= 0.3 is 51.4 Å². The molecule has 0 aromatic heterocycles. The second kappa shape index (κ2) is 7.83. The molecule has 0 radical (unpaired) electrons. The van der Waals surface area contributed by atoms with E-state index in [9.17, 15) is 0 Å². The maximum Gasteiger partial charge on any atom is 1.00 e.